The minimum atomic E-state index is 0.470. The fourth-order valence-electron chi connectivity index (χ4n) is 2.03. The minimum absolute atomic E-state index is 0.470. The van der Waals surface area contributed by atoms with E-state index in [-0.39, 0.29) is 0 Å². The van der Waals surface area contributed by atoms with Gasteiger partial charge in [0.25, 0.3) is 0 Å². The first kappa shape index (κ1) is 13.9. The maximum atomic E-state index is 5.65. The monoisotopic (exact) mass is 228 g/mol. The van der Waals surface area contributed by atoms with E-state index < -0.39 is 0 Å². The van der Waals surface area contributed by atoms with Gasteiger partial charge in [-0.3, -0.25) is 4.90 Å². The summed E-state index contributed by atoms with van der Waals surface area (Å²) >= 11 is 0. The lowest BCUT2D eigenvalue weighted by Crippen LogP contribution is -2.42. The summed E-state index contributed by atoms with van der Waals surface area (Å²) in [6, 6.07) is 0.586. The van der Waals surface area contributed by atoms with Gasteiger partial charge in [-0.25, -0.2) is 0 Å². The molecule has 0 aromatic rings. The second-order valence-electron chi connectivity index (χ2n) is 5.48. The largest absolute Gasteiger partial charge is 0.377 e. The zero-order valence-corrected chi connectivity index (χ0v) is 11.3. The molecule has 2 unspecified atom stereocenters. The third-order valence-corrected chi connectivity index (χ3v) is 3.26. The van der Waals surface area contributed by atoms with Gasteiger partial charge in [0.15, 0.2) is 0 Å². The number of hydrogen-bond acceptors (Lipinski definition) is 3. The second-order valence-corrected chi connectivity index (χ2v) is 5.48. The van der Waals surface area contributed by atoms with Gasteiger partial charge in [0.1, 0.15) is 0 Å². The van der Waals surface area contributed by atoms with Gasteiger partial charge in [0.2, 0.25) is 0 Å². The number of nitrogens with one attached hydrogen (secondary N) is 1. The predicted molar refractivity (Wildman–Crippen MR) is 68.8 cm³/mol. The minimum Gasteiger partial charge on any atom is -0.377 e. The lowest BCUT2D eigenvalue weighted by molar-refractivity contribution is 0.0703. The van der Waals surface area contributed by atoms with Crippen molar-refractivity contribution in [3.8, 4) is 0 Å². The van der Waals surface area contributed by atoms with Crippen LogP contribution in [-0.4, -0.2) is 50.3 Å². The Morgan fingerprint density at radius 3 is 2.62 bits per heavy atom. The topological polar surface area (TPSA) is 24.5 Å². The van der Waals surface area contributed by atoms with Crippen LogP contribution in [0.4, 0.5) is 0 Å². The van der Waals surface area contributed by atoms with Crippen LogP contribution in [0, 0.1) is 5.92 Å². The third-order valence-electron chi connectivity index (χ3n) is 3.26. The summed E-state index contributed by atoms with van der Waals surface area (Å²) < 4.78 is 5.65. The smallest absolute Gasteiger partial charge is 0.0702 e. The van der Waals surface area contributed by atoms with Crippen molar-refractivity contribution >= 4 is 0 Å². The summed E-state index contributed by atoms with van der Waals surface area (Å²) in [5, 5.41) is 3.51. The molecule has 0 aromatic carbocycles. The van der Waals surface area contributed by atoms with Crippen LogP contribution in [0.25, 0.3) is 0 Å². The number of nitrogens with zero attached hydrogens (tertiary/aromatic N) is 1. The highest BCUT2D eigenvalue weighted by Gasteiger charge is 2.19. The molecule has 0 aromatic heterocycles. The maximum absolute atomic E-state index is 5.65. The summed E-state index contributed by atoms with van der Waals surface area (Å²) in [4.78, 5) is 2.41. The van der Waals surface area contributed by atoms with Crippen LogP contribution < -0.4 is 5.32 Å². The van der Waals surface area contributed by atoms with Crippen molar-refractivity contribution in [3.05, 3.63) is 0 Å². The molecule has 3 nitrogen and oxygen atoms in total. The molecule has 1 aliphatic rings. The van der Waals surface area contributed by atoms with Gasteiger partial charge in [-0.2, -0.15) is 0 Å². The summed E-state index contributed by atoms with van der Waals surface area (Å²) in [6.45, 7) is 11.0. The number of hydrogen-bond donors (Lipinski definition) is 1. The number of likely N-dealkylation sites (N-methyl/N-ethyl adjacent to an activating group) is 1. The standard InChI is InChI=1S/C13H28N2O/c1-11(2)8-14-9-12(3)15(4)10-13-6-5-7-16-13/h11-14H,5-10H2,1-4H3. The summed E-state index contributed by atoms with van der Waals surface area (Å²) in [7, 11) is 2.20. The second kappa shape index (κ2) is 7.25. The van der Waals surface area contributed by atoms with Crippen LogP contribution in [0.5, 0.6) is 0 Å². The Labute approximate surface area is 101 Å². The Bertz CT molecular complexity index is 179. The van der Waals surface area contributed by atoms with Gasteiger partial charge >= 0.3 is 0 Å². The Balaban J connectivity index is 2.11. The molecule has 1 fully saturated rings. The first-order chi connectivity index (χ1) is 7.59. The van der Waals surface area contributed by atoms with Gasteiger partial charge in [-0.05, 0) is 39.3 Å². The van der Waals surface area contributed by atoms with Crippen molar-refractivity contribution in [2.75, 3.05) is 33.3 Å². The molecular weight excluding hydrogens is 200 g/mol. The molecule has 1 saturated heterocycles. The molecule has 0 amide bonds. The van der Waals surface area contributed by atoms with Crippen LogP contribution in [0.15, 0.2) is 0 Å². The van der Waals surface area contributed by atoms with Crippen molar-refractivity contribution in [3.63, 3.8) is 0 Å². The van der Waals surface area contributed by atoms with Crippen molar-refractivity contribution < 1.29 is 4.74 Å². The number of ether oxygens (including phenoxy) is 1. The summed E-state index contributed by atoms with van der Waals surface area (Å²) in [5.74, 6) is 0.732. The molecule has 0 radical (unpaired) electrons. The van der Waals surface area contributed by atoms with Gasteiger partial charge in [0.05, 0.1) is 6.10 Å². The van der Waals surface area contributed by atoms with Gasteiger partial charge < -0.3 is 10.1 Å². The molecule has 0 bridgehead atoms. The average molecular weight is 228 g/mol. The summed E-state index contributed by atoms with van der Waals surface area (Å²) in [6.07, 6.45) is 2.94. The molecule has 16 heavy (non-hydrogen) atoms. The van der Waals surface area contributed by atoms with Crippen molar-refractivity contribution in [2.45, 2.75) is 45.8 Å². The fourth-order valence-corrected chi connectivity index (χ4v) is 2.03. The zero-order valence-electron chi connectivity index (χ0n) is 11.3. The Kier molecular flexibility index (Phi) is 6.32. The van der Waals surface area contributed by atoms with Crippen LogP contribution >= 0.6 is 0 Å². The summed E-state index contributed by atoms with van der Waals surface area (Å²) in [5.41, 5.74) is 0. The molecule has 1 aliphatic heterocycles. The SMILES string of the molecule is CC(C)CNCC(C)N(C)CC1CCCO1. The van der Waals surface area contributed by atoms with E-state index in [1.165, 1.54) is 12.8 Å². The molecule has 1 heterocycles. The van der Waals surface area contributed by atoms with Crippen molar-refractivity contribution in [2.24, 2.45) is 5.92 Å². The van der Waals surface area contributed by atoms with Gasteiger partial charge in [0, 0.05) is 25.7 Å². The lowest BCUT2D eigenvalue weighted by Gasteiger charge is -2.27. The van der Waals surface area contributed by atoms with E-state index in [0.29, 0.717) is 12.1 Å². The zero-order chi connectivity index (χ0) is 12.0. The maximum Gasteiger partial charge on any atom is 0.0702 e. The average Bonchev–Trinajstić information content (AvgIpc) is 2.69. The van der Waals surface area contributed by atoms with E-state index in [9.17, 15) is 0 Å². The van der Waals surface area contributed by atoms with Crippen LogP contribution in [-0.2, 0) is 4.74 Å². The normalized spacial score (nSPS) is 23.2. The van der Waals surface area contributed by atoms with Crippen molar-refractivity contribution in [1.29, 1.82) is 0 Å². The molecule has 0 spiro atoms. The van der Waals surface area contributed by atoms with E-state index in [2.05, 4.69) is 38.0 Å². The van der Waals surface area contributed by atoms with E-state index in [1.807, 2.05) is 0 Å². The first-order valence-electron chi connectivity index (χ1n) is 6.62. The van der Waals surface area contributed by atoms with E-state index in [0.717, 1.165) is 32.2 Å². The molecular formula is C13H28N2O. The Morgan fingerprint density at radius 2 is 2.06 bits per heavy atom. The highest BCUT2D eigenvalue weighted by atomic mass is 16.5. The van der Waals surface area contributed by atoms with Gasteiger partial charge in [-0.15, -0.1) is 0 Å². The number of rotatable bonds is 7. The molecule has 1 N–H and O–H groups in total. The van der Waals surface area contributed by atoms with Gasteiger partial charge in [-0.1, -0.05) is 13.8 Å². The first-order valence-corrected chi connectivity index (χ1v) is 6.62. The van der Waals surface area contributed by atoms with E-state index in [1.54, 1.807) is 0 Å². The van der Waals surface area contributed by atoms with E-state index in [4.69, 9.17) is 4.74 Å². The molecule has 96 valence electrons. The fraction of sp³-hybridized carbons (Fsp3) is 1.00. The predicted octanol–water partition coefficient (Wildman–Crippen LogP) is 1.73. The molecule has 0 saturated carbocycles. The highest BCUT2D eigenvalue weighted by Crippen LogP contribution is 2.13. The molecule has 1 rings (SSSR count). The molecule has 0 aliphatic carbocycles. The Hall–Kier alpha value is -0.120. The molecule has 3 heteroatoms. The van der Waals surface area contributed by atoms with Crippen molar-refractivity contribution in [1.82, 2.24) is 10.2 Å². The quantitative estimate of drug-likeness (QED) is 0.718. The Morgan fingerprint density at radius 1 is 1.31 bits per heavy atom. The highest BCUT2D eigenvalue weighted by molar-refractivity contribution is 4.73. The van der Waals surface area contributed by atoms with E-state index >= 15 is 0 Å². The van der Waals surface area contributed by atoms with Crippen LogP contribution in [0.2, 0.25) is 0 Å². The van der Waals surface area contributed by atoms with Crippen LogP contribution in [0.3, 0.4) is 0 Å². The molecule has 2 atom stereocenters. The third kappa shape index (κ3) is 5.28. The lowest BCUT2D eigenvalue weighted by atomic mass is 10.2. The van der Waals surface area contributed by atoms with Crippen LogP contribution in [0.1, 0.15) is 33.6 Å².